The average Bonchev–Trinajstić information content (AvgIpc) is 2.46. The Kier molecular flexibility index (Phi) is 6.17. The Labute approximate surface area is 146 Å². The van der Waals surface area contributed by atoms with Crippen molar-refractivity contribution in [1.29, 1.82) is 0 Å². The molecule has 0 amide bonds. The van der Waals surface area contributed by atoms with E-state index in [1.165, 1.54) is 42.5 Å². The van der Waals surface area contributed by atoms with Gasteiger partial charge in [0.2, 0.25) is 0 Å². The number of hydrogen-bond donors (Lipinski definition) is 2. The van der Waals surface area contributed by atoms with Gasteiger partial charge in [-0.2, -0.15) is 10.2 Å². The number of nitrogens with zero attached hydrogens (tertiary/aromatic N) is 3. The molecule has 22 heavy (non-hydrogen) atoms. The molecule has 0 atom stereocenters. The molecule has 0 aliphatic heterocycles. The number of carbonyl (C=O) groups is 1. The summed E-state index contributed by atoms with van der Waals surface area (Å²) in [6.07, 6.45) is 0. The third-order valence-electron chi connectivity index (χ3n) is 2.55. The molecule has 0 aliphatic rings. The van der Waals surface area contributed by atoms with Crippen LogP contribution in [0.25, 0.3) is 0 Å². The molecular weight excluding hydrogens is 301 g/mol. The van der Waals surface area contributed by atoms with Crippen LogP contribution in [-0.4, -0.2) is 50.7 Å². The van der Waals surface area contributed by atoms with Gasteiger partial charge in [0.15, 0.2) is 0 Å². The molecule has 0 heterocycles. The standard InChI is InChI=1S/C13H9N3O5.Na/c17-12-6-3-9(7-11(12)13(18)19)15-14-8-1-4-10(5-2-8)16(20)21;/h1-7,17H,(H,18,19);. The summed E-state index contributed by atoms with van der Waals surface area (Å²) in [5.74, 6) is -1.64. The molecule has 107 valence electrons. The van der Waals surface area contributed by atoms with Crippen molar-refractivity contribution in [3.8, 4) is 5.75 Å². The predicted molar refractivity (Wildman–Crippen MR) is 78.1 cm³/mol. The third kappa shape index (κ3) is 4.35. The van der Waals surface area contributed by atoms with Crippen molar-refractivity contribution in [2.45, 2.75) is 0 Å². The van der Waals surface area contributed by atoms with Gasteiger partial charge in [-0.25, -0.2) is 4.79 Å². The number of azo groups is 1. The number of carboxylic acid groups (broad SMARTS) is 1. The van der Waals surface area contributed by atoms with Gasteiger partial charge in [-0.15, -0.1) is 0 Å². The summed E-state index contributed by atoms with van der Waals surface area (Å²) in [4.78, 5) is 20.8. The zero-order valence-corrected chi connectivity index (χ0v) is 13.5. The van der Waals surface area contributed by atoms with Crippen LogP contribution >= 0.6 is 0 Å². The first kappa shape index (κ1) is 17.8. The molecule has 2 aromatic rings. The second-order valence-corrected chi connectivity index (χ2v) is 3.98. The first-order chi connectivity index (χ1) is 9.97. The monoisotopic (exact) mass is 310 g/mol. The molecule has 0 spiro atoms. The third-order valence-corrected chi connectivity index (χ3v) is 2.55. The molecular formula is C13H9N3NaO5. The van der Waals surface area contributed by atoms with Crippen LogP contribution in [-0.2, 0) is 0 Å². The number of hydrogen-bond acceptors (Lipinski definition) is 6. The molecule has 8 nitrogen and oxygen atoms in total. The van der Waals surface area contributed by atoms with Crippen molar-refractivity contribution < 1.29 is 19.9 Å². The normalized spacial score (nSPS) is 10.2. The van der Waals surface area contributed by atoms with Crippen LogP contribution in [0.3, 0.4) is 0 Å². The second-order valence-electron chi connectivity index (χ2n) is 3.98. The summed E-state index contributed by atoms with van der Waals surface area (Å²) in [5.41, 5.74) is 0.274. The molecule has 9 heteroatoms. The molecule has 2 aromatic carbocycles. The van der Waals surface area contributed by atoms with Crippen molar-refractivity contribution >= 4 is 52.6 Å². The van der Waals surface area contributed by atoms with Crippen LogP contribution in [0.5, 0.6) is 5.75 Å². The van der Waals surface area contributed by atoms with Gasteiger partial charge in [0, 0.05) is 41.7 Å². The molecule has 0 fully saturated rings. The van der Waals surface area contributed by atoms with Gasteiger partial charge < -0.3 is 10.2 Å². The van der Waals surface area contributed by atoms with E-state index in [-0.39, 0.29) is 52.2 Å². The van der Waals surface area contributed by atoms with Gasteiger partial charge in [-0.05, 0) is 30.3 Å². The van der Waals surface area contributed by atoms with Crippen molar-refractivity contribution in [2.75, 3.05) is 0 Å². The fourth-order valence-electron chi connectivity index (χ4n) is 1.51. The van der Waals surface area contributed by atoms with Crippen LogP contribution in [0, 0.1) is 10.1 Å². The fourth-order valence-corrected chi connectivity index (χ4v) is 1.51. The molecule has 0 saturated heterocycles. The van der Waals surface area contributed by atoms with Crippen LogP contribution in [0.15, 0.2) is 52.7 Å². The number of aromatic carboxylic acids is 1. The summed E-state index contributed by atoms with van der Waals surface area (Å²) < 4.78 is 0. The van der Waals surface area contributed by atoms with E-state index in [0.29, 0.717) is 5.69 Å². The Balaban J connectivity index is 0.00000242. The van der Waals surface area contributed by atoms with Gasteiger partial charge in [-0.3, -0.25) is 10.1 Å². The Bertz CT molecular complexity index is 731. The number of aromatic hydroxyl groups is 1. The quantitative estimate of drug-likeness (QED) is 0.388. The molecule has 0 aromatic heterocycles. The van der Waals surface area contributed by atoms with E-state index in [1.54, 1.807) is 0 Å². The van der Waals surface area contributed by atoms with E-state index < -0.39 is 10.9 Å². The van der Waals surface area contributed by atoms with Crippen LogP contribution in [0.4, 0.5) is 17.1 Å². The van der Waals surface area contributed by atoms with E-state index in [4.69, 9.17) is 5.11 Å². The van der Waals surface area contributed by atoms with Crippen molar-refractivity contribution in [3.63, 3.8) is 0 Å². The number of nitro benzene ring substituents is 1. The topological polar surface area (TPSA) is 125 Å². The van der Waals surface area contributed by atoms with E-state index in [9.17, 15) is 20.0 Å². The average molecular weight is 310 g/mol. The maximum absolute atomic E-state index is 10.9. The summed E-state index contributed by atoms with van der Waals surface area (Å²) in [7, 11) is 0. The number of carboxylic acids is 1. The summed E-state index contributed by atoms with van der Waals surface area (Å²) in [6, 6.07) is 9.18. The Morgan fingerprint density at radius 2 is 1.59 bits per heavy atom. The van der Waals surface area contributed by atoms with Gasteiger partial charge in [0.25, 0.3) is 5.69 Å². The summed E-state index contributed by atoms with van der Waals surface area (Å²) in [5, 5.41) is 36.4. The fraction of sp³-hybridized carbons (Fsp3) is 0. The van der Waals surface area contributed by atoms with E-state index in [0.717, 1.165) is 0 Å². The van der Waals surface area contributed by atoms with Gasteiger partial charge in [-0.1, -0.05) is 0 Å². The van der Waals surface area contributed by atoms with E-state index in [2.05, 4.69) is 10.2 Å². The zero-order chi connectivity index (χ0) is 15.4. The summed E-state index contributed by atoms with van der Waals surface area (Å²) in [6.45, 7) is 0. The molecule has 0 bridgehead atoms. The van der Waals surface area contributed by atoms with Crippen molar-refractivity contribution in [1.82, 2.24) is 0 Å². The second kappa shape index (κ2) is 7.64. The number of non-ortho nitro benzene ring substituents is 1. The van der Waals surface area contributed by atoms with Gasteiger partial charge >= 0.3 is 5.97 Å². The summed E-state index contributed by atoms with van der Waals surface area (Å²) >= 11 is 0. The minimum Gasteiger partial charge on any atom is -0.507 e. The van der Waals surface area contributed by atoms with Crippen LogP contribution in [0.2, 0.25) is 0 Å². The maximum Gasteiger partial charge on any atom is 0.339 e. The Morgan fingerprint density at radius 1 is 1.05 bits per heavy atom. The van der Waals surface area contributed by atoms with Crippen molar-refractivity contribution in [2.24, 2.45) is 10.2 Å². The number of nitro groups is 1. The minimum atomic E-state index is -1.28. The number of phenols is 1. The molecule has 2 rings (SSSR count). The molecule has 2 N–H and O–H groups in total. The van der Waals surface area contributed by atoms with Gasteiger partial charge in [0.1, 0.15) is 11.3 Å². The van der Waals surface area contributed by atoms with Crippen LogP contribution in [0.1, 0.15) is 10.4 Å². The predicted octanol–water partition coefficient (Wildman–Crippen LogP) is 3.03. The largest absolute Gasteiger partial charge is 0.507 e. The minimum absolute atomic E-state index is 0. The SMILES string of the molecule is O=C(O)c1cc(N=Nc2ccc([N+](=O)[O-])cc2)ccc1O.[Na]. The molecule has 1 radical (unpaired) electrons. The maximum atomic E-state index is 10.9. The molecule has 0 unspecified atom stereocenters. The zero-order valence-electron chi connectivity index (χ0n) is 11.5. The molecule has 0 saturated carbocycles. The Morgan fingerprint density at radius 3 is 2.14 bits per heavy atom. The van der Waals surface area contributed by atoms with E-state index in [1.807, 2.05) is 0 Å². The molecule has 0 aliphatic carbocycles. The van der Waals surface area contributed by atoms with Crippen molar-refractivity contribution in [3.05, 3.63) is 58.1 Å². The van der Waals surface area contributed by atoms with E-state index >= 15 is 0 Å². The van der Waals surface area contributed by atoms with Gasteiger partial charge in [0.05, 0.1) is 16.3 Å². The number of rotatable bonds is 4. The number of benzene rings is 2. The van der Waals surface area contributed by atoms with Crippen LogP contribution < -0.4 is 0 Å². The smallest absolute Gasteiger partial charge is 0.339 e. The Hall–Kier alpha value is -2.29. The first-order valence-corrected chi connectivity index (χ1v) is 5.70. The first-order valence-electron chi connectivity index (χ1n) is 5.70.